The van der Waals surface area contributed by atoms with Crippen LogP contribution in [0.15, 0.2) is 64.4 Å². The highest BCUT2D eigenvalue weighted by atomic mass is 19.1. The molecule has 420 valence electrons. The Morgan fingerprint density at radius 3 is 2.26 bits per heavy atom. The van der Waals surface area contributed by atoms with Gasteiger partial charge in [-0.05, 0) is 65.2 Å². The molecule has 1 aromatic heterocycles. The Balaban J connectivity index is 1.16. The van der Waals surface area contributed by atoms with Crippen LogP contribution in [0.1, 0.15) is 113 Å². The number of Topliss-reactive ketones (excluding diaryl/α,β-unsaturated/α-hetero) is 1. The number of aromatic carboxylic acids is 1. The van der Waals surface area contributed by atoms with Crippen molar-refractivity contribution in [3.8, 4) is 23.0 Å². The summed E-state index contributed by atoms with van der Waals surface area (Å²) in [7, 11) is 3.07. The van der Waals surface area contributed by atoms with Crippen molar-refractivity contribution < 1.29 is 73.5 Å². The SMILES string of the molecule is CO[C@@H](/C=C/O)C(C)[C@@H](OC(C)=O)[C@H](C)[C@H](O)[C@H](C)[C@@H](O)[C@@H](C)/C=C/C=C(/C)C(=O)Nc1c(/C=N/N(C)C2CCN(c3cc4c(cc3F)c(=O)c(C(=O)O)cn4C3CC3)C2)c(O)c2c3c(c(C)c(O)c2c1O)OC(C)(C)C3=O. The van der Waals surface area contributed by atoms with Crippen LogP contribution in [-0.2, 0) is 19.1 Å². The Hall–Kier alpha value is -7.49. The molecule has 1 amide bonds. The summed E-state index contributed by atoms with van der Waals surface area (Å²) in [6.45, 7) is 14.6. The number of aromatic nitrogens is 1. The summed E-state index contributed by atoms with van der Waals surface area (Å²) < 4.78 is 34.7. The van der Waals surface area contributed by atoms with Gasteiger partial charge in [0.15, 0.2) is 11.4 Å². The lowest BCUT2D eigenvalue weighted by molar-refractivity contribution is -0.160. The van der Waals surface area contributed by atoms with E-state index in [1.54, 1.807) is 61.4 Å². The second-order valence-corrected chi connectivity index (χ2v) is 21.4. The molecule has 1 saturated heterocycles. The normalized spacial score (nSPS) is 19.7. The number of aromatic hydroxyl groups is 3. The fourth-order valence-electron chi connectivity index (χ4n) is 10.7. The minimum absolute atomic E-state index is 0.00107. The number of hydrazone groups is 1. The predicted molar refractivity (Wildman–Crippen MR) is 290 cm³/mol. The second kappa shape index (κ2) is 22.8. The van der Waals surface area contributed by atoms with E-state index in [1.807, 2.05) is 0 Å². The largest absolute Gasteiger partial charge is 0.516 e. The molecular formula is C57H70FN5O15. The zero-order valence-corrected chi connectivity index (χ0v) is 45.6. The Morgan fingerprint density at radius 1 is 0.962 bits per heavy atom. The number of carbonyl (C=O) groups is 4. The number of ether oxygens (including phenoxy) is 3. The van der Waals surface area contributed by atoms with Crippen molar-refractivity contribution >= 4 is 62.9 Å². The topological polar surface area (TPSA) is 290 Å². The van der Waals surface area contributed by atoms with Gasteiger partial charge in [-0.15, -0.1) is 0 Å². The number of aliphatic hydroxyl groups excluding tert-OH is 3. The number of pyridine rings is 1. The lowest BCUT2D eigenvalue weighted by Gasteiger charge is -2.37. The second-order valence-electron chi connectivity index (χ2n) is 21.4. The van der Waals surface area contributed by atoms with E-state index in [2.05, 4.69) is 10.4 Å². The van der Waals surface area contributed by atoms with Crippen LogP contribution in [0.3, 0.4) is 0 Å². The number of methoxy groups -OCH3 is 1. The lowest BCUT2D eigenvalue weighted by atomic mass is 9.78. The van der Waals surface area contributed by atoms with Gasteiger partial charge in [0.25, 0.3) is 5.91 Å². The van der Waals surface area contributed by atoms with Crippen LogP contribution in [0.5, 0.6) is 23.0 Å². The molecule has 3 aromatic carbocycles. The molecule has 3 heterocycles. The number of carboxylic acids is 1. The summed E-state index contributed by atoms with van der Waals surface area (Å²) in [5.41, 5.74) is -2.55. The molecule has 78 heavy (non-hydrogen) atoms. The first-order chi connectivity index (χ1) is 36.7. The number of carboxylic acid groups (broad SMARTS) is 1. The summed E-state index contributed by atoms with van der Waals surface area (Å²) in [5, 5.41) is 86.0. The van der Waals surface area contributed by atoms with Gasteiger partial charge >= 0.3 is 11.9 Å². The maximum Gasteiger partial charge on any atom is 0.341 e. The number of nitrogens with zero attached hydrogens (tertiary/aromatic N) is 4. The third-order valence-electron chi connectivity index (χ3n) is 15.6. The summed E-state index contributed by atoms with van der Waals surface area (Å²) >= 11 is 0. The molecule has 2 unspecified atom stereocenters. The number of phenolic OH excluding ortho intramolecular Hbond substituents is 3. The van der Waals surface area contributed by atoms with Crippen LogP contribution >= 0.6 is 0 Å². The number of phenols is 3. The number of likely N-dealkylation sites (N-methyl/N-ethyl adjacent to an activating group) is 1. The average molecular weight is 1080 g/mol. The van der Waals surface area contributed by atoms with Crippen molar-refractivity contribution in [3.05, 3.63) is 92.8 Å². The molecule has 0 spiro atoms. The Kier molecular flexibility index (Phi) is 17.0. The van der Waals surface area contributed by atoms with Gasteiger partial charge in [-0.3, -0.25) is 24.2 Å². The molecule has 0 radical (unpaired) electrons. The standard InChI is InChI=1S/C57H70FN5O15/c1-26(46(66)29(4)47(67)30(5)52(77-32(7)65)28(3)41(76-11)18-20-64)13-12-14-27(2)55(73)60-45-36(50(70)42-43(51(45)71)48(68)31(6)53-44(42)54(72)57(8,9)78-53)23-59-61(10)34-17-19-62(24-34)40-22-39-35(21-38(40)58)49(69)37(56(74)75)25-63(39)33-15-16-33/h12-14,18,20-23,25-26,28-30,33-34,41,46-47,52,64,66-68,70-71H,15-17,19,24H2,1-11H3,(H,60,73)(H,74,75)/b13-12+,20-18+,27-14-,59-23+/t26-,28?,29+,30+,34?,41-,46-,47+,52+/m0/s1. The van der Waals surface area contributed by atoms with E-state index in [1.165, 1.54) is 72.4 Å². The number of anilines is 2. The van der Waals surface area contributed by atoms with E-state index in [0.29, 0.717) is 18.5 Å². The zero-order chi connectivity index (χ0) is 57.6. The summed E-state index contributed by atoms with van der Waals surface area (Å²) in [5.74, 6) is -8.39. The van der Waals surface area contributed by atoms with Crippen LogP contribution < -0.4 is 20.4 Å². The number of fused-ring (bicyclic) bond motifs is 4. The minimum atomic E-state index is -1.41. The monoisotopic (exact) mass is 1080 g/mol. The van der Waals surface area contributed by atoms with Gasteiger partial charge in [0.05, 0.1) is 70.2 Å². The number of benzene rings is 3. The molecule has 1 aliphatic carbocycles. The number of halogens is 1. The molecule has 2 aliphatic heterocycles. The average Bonchev–Trinajstić information content (AvgIpc) is 4.13. The number of hydrogen-bond acceptors (Lipinski definition) is 17. The van der Waals surface area contributed by atoms with E-state index in [0.717, 1.165) is 25.2 Å². The molecule has 20 nitrogen and oxygen atoms in total. The number of allylic oxidation sites excluding steroid dienone is 2. The van der Waals surface area contributed by atoms with Crippen LogP contribution in [0.25, 0.3) is 21.7 Å². The number of amides is 1. The molecule has 7 rings (SSSR count). The summed E-state index contributed by atoms with van der Waals surface area (Å²) in [6.07, 6.45) is 7.49. The highest BCUT2D eigenvalue weighted by molar-refractivity contribution is 6.24. The number of nitrogens with one attached hydrogen (secondary N) is 1. The molecule has 4 aromatic rings. The molecule has 3 aliphatic rings. The lowest BCUT2D eigenvalue weighted by Crippen LogP contribution is -2.46. The van der Waals surface area contributed by atoms with Gasteiger partial charge < -0.3 is 64.7 Å². The molecular weight excluding hydrogens is 1010 g/mol. The van der Waals surface area contributed by atoms with Crippen molar-refractivity contribution in [1.29, 1.82) is 0 Å². The molecule has 8 N–H and O–H groups in total. The number of carbonyl (C=O) groups excluding carboxylic acids is 3. The third-order valence-corrected chi connectivity index (χ3v) is 15.6. The van der Waals surface area contributed by atoms with Crippen molar-refractivity contribution in [2.45, 2.75) is 124 Å². The Morgan fingerprint density at radius 2 is 1.64 bits per heavy atom. The van der Waals surface area contributed by atoms with Gasteiger partial charge in [-0.2, -0.15) is 5.10 Å². The summed E-state index contributed by atoms with van der Waals surface area (Å²) in [4.78, 5) is 66.9. The van der Waals surface area contributed by atoms with Crippen LogP contribution in [0, 0.1) is 36.4 Å². The smallest absolute Gasteiger partial charge is 0.341 e. The molecule has 21 heteroatoms. The van der Waals surface area contributed by atoms with Gasteiger partial charge in [0, 0.05) is 92.0 Å². The molecule has 0 bridgehead atoms. The van der Waals surface area contributed by atoms with Crippen molar-refractivity contribution in [2.24, 2.45) is 28.8 Å². The Labute approximate surface area is 450 Å². The van der Waals surface area contributed by atoms with Gasteiger partial charge in [-0.1, -0.05) is 45.9 Å². The number of hydrogen-bond donors (Lipinski definition) is 8. The van der Waals surface area contributed by atoms with Crippen LogP contribution in [0.4, 0.5) is 15.8 Å². The van der Waals surface area contributed by atoms with Crippen LogP contribution in [0.2, 0.25) is 0 Å². The van der Waals surface area contributed by atoms with Crippen LogP contribution in [-0.4, -0.2) is 138 Å². The zero-order valence-electron chi connectivity index (χ0n) is 45.6. The highest BCUT2D eigenvalue weighted by Gasteiger charge is 2.45. The quantitative estimate of drug-likeness (QED) is 0.00626. The molecule has 2 fully saturated rings. The highest BCUT2D eigenvalue weighted by Crippen LogP contribution is 2.55. The first kappa shape index (κ1) is 58.2. The first-order valence-corrected chi connectivity index (χ1v) is 25.8. The first-order valence-electron chi connectivity index (χ1n) is 25.8. The third kappa shape index (κ3) is 11.1. The van der Waals surface area contributed by atoms with E-state index in [-0.39, 0.29) is 74.2 Å². The van der Waals surface area contributed by atoms with Gasteiger partial charge in [-0.25, -0.2) is 9.18 Å². The van der Waals surface area contributed by atoms with E-state index in [9.17, 15) is 59.7 Å². The predicted octanol–water partition coefficient (Wildman–Crippen LogP) is 7.38. The molecule has 9 atom stereocenters. The summed E-state index contributed by atoms with van der Waals surface area (Å²) in [6, 6.07) is 2.23. The van der Waals surface area contributed by atoms with Crippen molar-refractivity contribution in [2.75, 3.05) is 37.5 Å². The fourth-order valence-corrected chi connectivity index (χ4v) is 10.7. The maximum atomic E-state index is 15.9. The minimum Gasteiger partial charge on any atom is -0.516 e. The number of aliphatic hydroxyl groups is 3. The number of ketones is 1. The fraction of sp³-hybridized carbons (Fsp3) is 0.474. The van der Waals surface area contributed by atoms with Crippen molar-refractivity contribution in [3.63, 3.8) is 0 Å². The maximum absolute atomic E-state index is 15.9. The van der Waals surface area contributed by atoms with Gasteiger partial charge in [0.1, 0.15) is 34.7 Å². The van der Waals surface area contributed by atoms with E-state index < -0.39 is 111 Å². The molecule has 1 saturated carbocycles. The van der Waals surface area contributed by atoms with Crippen molar-refractivity contribution in [1.82, 2.24) is 9.58 Å². The van der Waals surface area contributed by atoms with E-state index >= 15 is 4.39 Å². The number of esters is 1. The van der Waals surface area contributed by atoms with Gasteiger partial charge in [0.2, 0.25) is 11.2 Å². The van der Waals surface area contributed by atoms with E-state index in [4.69, 9.17) is 14.2 Å². The Bertz CT molecular complexity index is 3230. The number of rotatable bonds is 20.